The number of carbonyl (C=O) groups excluding carboxylic acids is 1. The summed E-state index contributed by atoms with van der Waals surface area (Å²) in [5.41, 5.74) is 1.25. The molecule has 3 rings (SSSR count). The standard InChI is InChI=1S/C18H19F3N4O2/c1-11-7-16(18(19,20)21)24-25(11)10-17(26)22-6-5-12-9-23-15-4-3-13(27-2)8-14(12)15/h3-4,7-9,23H,5-6,10H2,1-2H3,(H,22,26). The molecule has 9 heteroatoms. The van der Waals surface area contributed by atoms with Gasteiger partial charge in [0.2, 0.25) is 5.91 Å². The number of alkyl halides is 3. The highest BCUT2D eigenvalue weighted by molar-refractivity contribution is 5.84. The van der Waals surface area contributed by atoms with Crippen molar-refractivity contribution in [2.24, 2.45) is 0 Å². The van der Waals surface area contributed by atoms with E-state index >= 15 is 0 Å². The second kappa shape index (κ2) is 7.34. The Bertz CT molecular complexity index is 959. The van der Waals surface area contributed by atoms with Crippen LogP contribution in [0.3, 0.4) is 0 Å². The van der Waals surface area contributed by atoms with Crippen molar-refractivity contribution < 1.29 is 22.7 Å². The van der Waals surface area contributed by atoms with E-state index in [2.05, 4.69) is 15.4 Å². The van der Waals surface area contributed by atoms with Gasteiger partial charge in [-0.3, -0.25) is 9.48 Å². The lowest BCUT2D eigenvalue weighted by Gasteiger charge is -2.07. The van der Waals surface area contributed by atoms with Gasteiger partial charge in [-0.1, -0.05) is 0 Å². The summed E-state index contributed by atoms with van der Waals surface area (Å²) in [6, 6.07) is 6.60. The summed E-state index contributed by atoms with van der Waals surface area (Å²) in [7, 11) is 1.59. The van der Waals surface area contributed by atoms with Gasteiger partial charge in [0.05, 0.1) is 7.11 Å². The Morgan fingerprint density at radius 3 is 2.78 bits per heavy atom. The summed E-state index contributed by atoms with van der Waals surface area (Å²) in [4.78, 5) is 15.2. The molecule has 0 radical (unpaired) electrons. The molecule has 27 heavy (non-hydrogen) atoms. The molecule has 144 valence electrons. The molecule has 2 N–H and O–H groups in total. The van der Waals surface area contributed by atoms with E-state index in [4.69, 9.17) is 4.74 Å². The zero-order chi connectivity index (χ0) is 19.6. The maximum absolute atomic E-state index is 12.7. The fraction of sp³-hybridized carbons (Fsp3) is 0.333. The normalized spacial score (nSPS) is 11.7. The SMILES string of the molecule is COc1ccc2[nH]cc(CCNC(=O)Cn3nc(C(F)(F)F)cc3C)c2c1. The summed E-state index contributed by atoms with van der Waals surface area (Å²) >= 11 is 0. The Hall–Kier alpha value is -2.97. The third kappa shape index (κ3) is 4.24. The highest BCUT2D eigenvalue weighted by atomic mass is 19.4. The van der Waals surface area contributed by atoms with E-state index in [0.29, 0.717) is 13.0 Å². The number of hydrogen-bond donors (Lipinski definition) is 2. The first-order chi connectivity index (χ1) is 12.8. The van der Waals surface area contributed by atoms with Crippen molar-refractivity contribution in [2.45, 2.75) is 26.1 Å². The molecule has 0 saturated heterocycles. The van der Waals surface area contributed by atoms with Gasteiger partial charge in [-0.15, -0.1) is 0 Å². The van der Waals surface area contributed by atoms with Crippen LogP contribution in [0.5, 0.6) is 5.75 Å². The molecular formula is C18H19F3N4O2. The Morgan fingerprint density at radius 2 is 2.11 bits per heavy atom. The number of ether oxygens (including phenoxy) is 1. The molecule has 0 aliphatic heterocycles. The maximum atomic E-state index is 12.7. The largest absolute Gasteiger partial charge is 0.497 e. The number of nitrogens with zero attached hydrogens (tertiary/aromatic N) is 2. The van der Waals surface area contributed by atoms with Crippen LogP contribution in [0.15, 0.2) is 30.5 Å². The molecule has 1 aromatic carbocycles. The van der Waals surface area contributed by atoms with Crippen molar-refractivity contribution in [2.75, 3.05) is 13.7 Å². The van der Waals surface area contributed by atoms with E-state index in [9.17, 15) is 18.0 Å². The number of aryl methyl sites for hydroxylation is 1. The van der Waals surface area contributed by atoms with Gasteiger partial charge < -0.3 is 15.0 Å². The van der Waals surface area contributed by atoms with Crippen LogP contribution in [0.25, 0.3) is 10.9 Å². The molecule has 1 amide bonds. The Balaban J connectivity index is 1.58. The second-order valence-corrected chi connectivity index (χ2v) is 6.15. The molecule has 3 aromatic rings. The highest BCUT2D eigenvalue weighted by Crippen LogP contribution is 2.28. The van der Waals surface area contributed by atoms with Gasteiger partial charge in [0.1, 0.15) is 12.3 Å². The number of hydrogen-bond acceptors (Lipinski definition) is 3. The van der Waals surface area contributed by atoms with Crippen LogP contribution >= 0.6 is 0 Å². The van der Waals surface area contributed by atoms with E-state index in [1.165, 1.54) is 6.92 Å². The van der Waals surface area contributed by atoms with Gasteiger partial charge in [0, 0.05) is 29.3 Å². The van der Waals surface area contributed by atoms with Gasteiger partial charge in [0.25, 0.3) is 0 Å². The zero-order valence-electron chi connectivity index (χ0n) is 14.9. The lowest BCUT2D eigenvalue weighted by Crippen LogP contribution is -2.30. The van der Waals surface area contributed by atoms with Crippen LogP contribution in [0.1, 0.15) is 17.0 Å². The van der Waals surface area contributed by atoms with Crippen LogP contribution in [0.4, 0.5) is 13.2 Å². The summed E-state index contributed by atoms with van der Waals surface area (Å²) in [5, 5.41) is 7.16. The van der Waals surface area contributed by atoms with Gasteiger partial charge >= 0.3 is 6.18 Å². The van der Waals surface area contributed by atoms with E-state index in [1.807, 2.05) is 24.4 Å². The quantitative estimate of drug-likeness (QED) is 0.690. The molecule has 0 aliphatic rings. The lowest BCUT2D eigenvalue weighted by molar-refractivity contribution is -0.141. The smallest absolute Gasteiger partial charge is 0.435 e. The number of fused-ring (bicyclic) bond motifs is 1. The van der Waals surface area contributed by atoms with Crippen LogP contribution in [-0.2, 0) is 23.9 Å². The predicted octanol–water partition coefficient (Wildman–Crippen LogP) is 3.06. The van der Waals surface area contributed by atoms with Crippen molar-refractivity contribution in [3.05, 3.63) is 47.4 Å². The zero-order valence-corrected chi connectivity index (χ0v) is 14.9. The summed E-state index contributed by atoms with van der Waals surface area (Å²) < 4.78 is 44.3. The Morgan fingerprint density at radius 1 is 1.33 bits per heavy atom. The average molecular weight is 380 g/mol. The highest BCUT2D eigenvalue weighted by Gasteiger charge is 2.34. The average Bonchev–Trinajstić information content (AvgIpc) is 3.18. The molecule has 0 bridgehead atoms. The fourth-order valence-electron chi connectivity index (χ4n) is 2.83. The van der Waals surface area contributed by atoms with Crippen LogP contribution in [0, 0.1) is 6.92 Å². The number of methoxy groups -OCH3 is 1. The maximum Gasteiger partial charge on any atom is 0.435 e. The molecule has 0 aliphatic carbocycles. The number of aromatic amines is 1. The van der Waals surface area contributed by atoms with E-state index < -0.39 is 17.8 Å². The lowest BCUT2D eigenvalue weighted by atomic mass is 10.1. The van der Waals surface area contributed by atoms with Gasteiger partial charge in [-0.25, -0.2) is 0 Å². The van der Waals surface area contributed by atoms with Gasteiger partial charge in [-0.05, 0) is 43.2 Å². The molecule has 2 heterocycles. The van der Waals surface area contributed by atoms with Gasteiger partial charge in [0.15, 0.2) is 5.69 Å². The third-order valence-corrected chi connectivity index (χ3v) is 4.26. The summed E-state index contributed by atoms with van der Waals surface area (Å²) in [5.74, 6) is 0.342. The van der Waals surface area contributed by atoms with E-state index in [1.54, 1.807) is 7.11 Å². The van der Waals surface area contributed by atoms with E-state index in [0.717, 1.165) is 33.0 Å². The number of H-pyrrole nitrogens is 1. The van der Waals surface area contributed by atoms with Crippen LogP contribution in [0.2, 0.25) is 0 Å². The van der Waals surface area contributed by atoms with Crippen molar-refractivity contribution in [3.8, 4) is 5.75 Å². The second-order valence-electron chi connectivity index (χ2n) is 6.15. The summed E-state index contributed by atoms with van der Waals surface area (Å²) in [6.45, 7) is 1.58. The fourth-order valence-corrected chi connectivity index (χ4v) is 2.83. The number of carbonyl (C=O) groups is 1. The molecule has 0 unspecified atom stereocenters. The van der Waals surface area contributed by atoms with Crippen LogP contribution in [-0.4, -0.2) is 34.3 Å². The molecule has 0 spiro atoms. The molecular weight excluding hydrogens is 361 g/mol. The minimum Gasteiger partial charge on any atom is -0.497 e. The van der Waals surface area contributed by atoms with E-state index in [-0.39, 0.29) is 12.2 Å². The molecule has 2 aromatic heterocycles. The first-order valence-corrected chi connectivity index (χ1v) is 8.30. The molecule has 0 atom stereocenters. The van der Waals surface area contributed by atoms with Crippen molar-refractivity contribution in [1.82, 2.24) is 20.1 Å². The Labute approximate surface area is 153 Å². The predicted molar refractivity (Wildman–Crippen MR) is 93.5 cm³/mol. The van der Waals surface area contributed by atoms with Gasteiger partial charge in [-0.2, -0.15) is 18.3 Å². The molecule has 6 nitrogen and oxygen atoms in total. The number of benzene rings is 1. The minimum absolute atomic E-state index is 0.260. The monoisotopic (exact) mass is 380 g/mol. The van der Waals surface area contributed by atoms with Crippen LogP contribution < -0.4 is 10.1 Å². The first-order valence-electron chi connectivity index (χ1n) is 8.30. The number of halogens is 3. The number of aromatic nitrogens is 3. The molecule has 0 saturated carbocycles. The summed E-state index contributed by atoms with van der Waals surface area (Å²) in [6.07, 6.45) is -2.09. The van der Waals surface area contributed by atoms with Crippen molar-refractivity contribution >= 4 is 16.8 Å². The Kier molecular flexibility index (Phi) is 5.11. The third-order valence-electron chi connectivity index (χ3n) is 4.26. The van der Waals surface area contributed by atoms with Crippen molar-refractivity contribution in [3.63, 3.8) is 0 Å². The number of nitrogens with one attached hydrogen (secondary N) is 2. The number of rotatable bonds is 6. The minimum atomic E-state index is -4.52. The first kappa shape index (κ1) is 18.8. The topological polar surface area (TPSA) is 71.9 Å². The molecule has 0 fully saturated rings. The van der Waals surface area contributed by atoms with Crippen molar-refractivity contribution in [1.29, 1.82) is 0 Å². The number of amides is 1.